The van der Waals surface area contributed by atoms with E-state index in [4.69, 9.17) is 9.47 Å². The second-order valence-electron chi connectivity index (χ2n) is 10.2. The summed E-state index contributed by atoms with van der Waals surface area (Å²) < 4.78 is 11.8. The molecule has 3 aliphatic heterocycles. The standard InChI is InChI=1S/C30H34N2O6/c1-3-17-31(18-20-11-7-5-8-12-20)28(35)26-30-16-15-23(38-30)24(29(36)37-4-2)25(30)27(34)32(26)22(19-33)21-13-9-6-10-14-21/h3,5-14,22-26,33H,1,4,15-19H2,2H3/t22-,23+,24-,25-,26+,30-/m1/s1. The summed E-state index contributed by atoms with van der Waals surface area (Å²) >= 11 is 0. The van der Waals surface area contributed by atoms with Crippen LogP contribution < -0.4 is 0 Å². The van der Waals surface area contributed by atoms with E-state index in [1.165, 1.54) is 4.90 Å². The highest BCUT2D eigenvalue weighted by Gasteiger charge is 2.75. The maximum atomic E-state index is 14.5. The lowest BCUT2D eigenvalue weighted by atomic mass is 9.70. The molecule has 5 rings (SSSR count). The van der Waals surface area contributed by atoms with Crippen molar-refractivity contribution >= 4 is 17.8 Å². The van der Waals surface area contributed by atoms with Crippen LogP contribution in [0.5, 0.6) is 0 Å². The van der Waals surface area contributed by atoms with Gasteiger partial charge in [-0.15, -0.1) is 6.58 Å². The number of amides is 2. The number of ether oxygens (including phenoxy) is 2. The fourth-order valence-electron chi connectivity index (χ4n) is 6.61. The molecule has 3 heterocycles. The largest absolute Gasteiger partial charge is 0.466 e. The van der Waals surface area contributed by atoms with Gasteiger partial charge in [-0.2, -0.15) is 0 Å². The first kappa shape index (κ1) is 26.1. The maximum Gasteiger partial charge on any atom is 0.312 e. The van der Waals surface area contributed by atoms with Gasteiger partial charge in [0.1, 0.15) is 11.6 Å². The lowest BCUT2D eigenvalue weighted by Crippen LogP contribution is -2.57. The number of aliphatic hydroxyl groups excluding tert-OH is 1. The molecule has 3 aliphatic rings. The van der Waals surface area contributed by atoms with Crippen molar-refractivity contribution in [3.8, 4) is 0 Å². The summed E-state index contributed by atoms with van der Waals surface area (Å²) in [5.74, 6) is -2.75. The van der Waals surface area contributed by atoms with Gasteiger partial charge in [-0.05, 0) is 30.9 Å². The van der Waals surface area contributed by atoms with Crippen LogP contribution in [0.4, 0.5) is 0 Å². The Hall–Kier alpha value is -3.49. The number of esters is 1. The van der Waals surface area contributed by atoms with Crippen LogP contribution in [-0.2, 0) is 30.4 Å². The van der Waals surface area contributed by atoms with E-state index in [1.54, 1.807) is 17.9 Å². The lowest BCUT2D eigenvalue weighted by Gasteiger charge is -2.39. The van der Waals surface area contributed by atoms with Crippen LogP contribution in [0.1, 0.15) is 36.9 Å². The third-order valence-electron chi connectivity index (χ3n) is 8.10. The quantitative estimate of drug-likeness (QED) is 0.384. The highest BCUT2D eigenvalue weighted by Crippen LogP contribution is 2.60. The van der Waals surface area contributed by atoms with Crippen molar-refractivity contribution in [2.75, 3.05) is 19.8 Å². The lowest BCUT2D eigenvalue weighted by molar-refractivity contribution is -0.156. The normalized spacial score (nSPS) is 28.2. The van der Waals surface area contributed by atoms with E-state index < -0.39 is 41.6 Å². The van der Waals surface area contributed by atoms with Gasteiger partial charge in [0.25, 0.3) is 0 Å². The monoisotopic (exact) mass is 518 g/mol. The minimum atomic E-state index is -1.17. The van der Waals surface area contributed by atoms with E-state index in [9.17, 15) is 19.5 Å². The number of likely N-dealkylation sites (tertiary alicyclic amines) is 1. The number of hydrogen-bond acceptors (Lipinski definition) is 6. The molecular weight excluding hydrogens is 484 g/mol. The van der Waals surface area contributed by atoms with Crippen LogP contribution in [-0.4, -0.2) is 70.2 Å². The predicted octanol–water partition coefficient (Wildman–Crippen LogP) is 2.87. The number of benzene rings is 2. The van der Waals surface area contributed by atoms with E-state index in [-0.39, 0.29) is 31.6 Å². The van der Waals surface area contributed by atoms with Crippen LogP contribution in [0, 0.1) is 11.8 Å². The molecule has 2 amide bonds. The molecule has 0 radical (unpaired) electrons. The molecule has 1 spiro atoms. The number of aliphatic hydroxyl groups is 1. The molecule has 200 valence electrons. The van der Waals surface area contributed by atoms with Gasteiger partial charge in [-0.3, -0.25) is 14.4 Å². The summed E-state index contributed by atoms with van der Waals surface area (Å²) in [6, 6.07) is 17.0. The molecule has 2 aromatic carbocycles. The average Bonchev–Trinajstić information content (AvgIpc) is 3.58. The Kier molecular flexibility index (Phi) is 7.36. The van der Waals surface area contributed by atoms with Gasteiger partial charge in [-0.25, -0.2) is 0 Å². The molecule has 2 bridgehead atoms. The summed E-state index contributed by atoms with van der Waals surface area (Å²) in [6.07, 6.45) is 2.20. The van der Waals surface area contributed by atoms with Crippen molar-refractivity contribution in [2.24, 2.45) is 11.8 Å². The molecule has 3 saturated heterocycles. The van der Waals surface area contributed by atoms with Gasteiger partial charge in [0.05, 0.1) is 37.2 Å². The second-order valence-corrected chi connectivity index (χ2v) is 10.2. The van der Waals surface area contributed by atoms with Crippen LogP contribution in [0.3, 0.4) is 0 Å². The van der Waals surface area contributed by atoms with Crippen molar-refractivity contribution in [3.05, 3.63) is 84.4 Å². The van der Waals surface area contributed by atoms with E-state index in [1.807, 2.05) is 60.7 Å². The zero-order valence-electron chi connectivity index (χ0n) is 21.6. The number of fused-ring (bicyclic) bond motifs is 1. The second kappa shape index (κ2) is 10.7. The van der Waals surface area contributed by atoms with Crippen molar-refractivity contribution in [3.63, 3.8) is 0 Å². The van der Waals surface area contributed by atoms with Crippen molar-refractivity contribution in [1.29, 1.82) is 0 Å². The molecule has 6 atom stereocenters. The number of hydrogen-bond donors (Lipinski definition) is 1. The molecule has 0 saturated carbocycles. The third-order valence-corrected chi connectivity index (χ3v) is 8.10. The van der Waals surface area contributed by atoms with Crippen molar-refractivity contribution in [1.82, 2.24) is 9.80 Å². The molecule has 1 N–H and O–H groups in total. The van der Waals surface area contributed by atoms with Crippen molar-refractivity contribution in [2.45, 2.75) is 50.1 Å². The fraction of sp³-hybridized carbons (Fsp3) is 0.433. The first-order valence-electron chi connectivity index (χ1n) is 13.2. The summed E-state index contributed by atoms with van der Waals surface area (Å²) in [4.78, 5) is 44.9. The molecule has 38 heavy (non-hydrogen) atoms. The third kappa shape index (κ3) is 4.22. The Morgan fingerprint density at radius 3 is 2.53 bits per heavy atom. The van der Waals surface area contributed by atoms with E-state index in [0.717, 1.165) is 5.56 Å². The van der Waals surface area contributed by atoms with Crippen LogP contribution in [0.15, 0.2) is 73.3 Å². The smallest absolute Gasteiger partial charge is 0.312 e. The van der Waals surface area contributed by atoms with Gasteiger partial charge in [0, 0.05) is 13.1 Å². The molecule has 3 fully saturated rings. The summed E-state index contributed by atoms with van der Waals surface area (Å²) in [5.41, 5.74) is 0.475. The zero-order chi connectivity index (χ0) is 26.9. The average molecular weight is 519 g/mol. The minimum absolute atomic E-state index is 0.190. The fourth-order valence-corrected chi connectivity index (χ4v) is 6.61. The van der Waals surface area contributed by atoms with Gasteiger partial charge < -0.3 is 24.4 Å². The van der Waals surface area contributed by atoms with Crippen molar-refractivity contribution < 1.29 is 29.0 Å². The van der Waals surface area contributed by atoms with Crippen LogP contribution in [0.2, 0.25) is 0 Å². The number of carbonyl (C=O) groups excluding carboxylic acids is 3. The summed E-state index contributed by atoms with van der Waals surface area (Å²) in [5, 5.41) is 10.6. The highest BCUT2D eigenvalue weighted by molar-refractivity contribution is 5.98. The van der Waals surface area contributed by atoms with Gasteiger partial charge in [0.15, 0.2) is 0 Å². The Morgan fingerprint density at radius 1 is 1.21 bits per heavy atom. The first-order chi connectivity index (χ1) is 18.5. The van der Waals surface area contributed by atoms with Crippen LogP contribution in [0.25, 0.3) is 0 Å². The Bertz CT molecular complexity index is 1190. The molecule has 8 nitrogen and oxygen atoms in total. The Labute approximate surface area is 222 Å². The minimum Gasteiger partial charge on any atom is -0.466 e. The SMILES string of the molecule is C=CCN(Cc1ccccc1)C(=O)[C@@H]1N([C@H](CO)c2ccccc2)C(=O)[C@H]2[C@H](C(=O)OCC)[C@@H]3CC[C@]12O3. The van der Waals surface area contributed by atoms with Crippen LogP contribution >= 0.6 is 0 Å². The van der Waals surface area contributed by atoms with Gasteiger partial charge in [0.2, 0.25) is 11.8 Å². The zero-order valence-corrected chi connectivity index (χ0v) is 21.6. The van der Waals surface area contributed by atoms with E-state index >= 15 is 0 Å². The molecule has 0 aliphatic carbocycles. The van der Waals surface area contributed by atoms with Gasteiger partial charge in [-0.1, -0.05) is 66.7 Å². The van der Waals surface area contributed by atoms with Gasteiger partial charge >= 0.3 is 5.97 Å². The Morgan fingerprint density at radius 2 is 1.89 bits per heavy atom. The molecule has 0 aromatic heterocycles. The topological polar surface area (TPSA) is 96.4 Å². The van der Waals surface area contributed by atoms with E-state index in [2.05, 4.69) is 6.58 Å². The highest BCUT2D eigenvalue weighted by atomic mass is 16.6. The van der Waals surface area contributed by atoms with E-state index in [0.29, 0.717) is 24.9 Å². The molecule has 8 heteroatoms. The summed E-state index contributed by atoms with van der Waals surface area (Å²) in [6.45, 7) is 5.98. The molecule has 2 aromatic rings. The Balaban J connectivity index is 1.60. The number of nitrogens with zero attached hydrogens (tertiary/aromatic N) is 2. The number of rotatable bonds is 10. The maximum absolute atomic E-state index is 14.5. The summed E-state index contributed by atoms with van der Waals surface area (Å²) in [7, 11) is 0. The molecular formula is C30H34N2O6. The predicted molar refractivity (Wildman–Crippen MR) is 139 cm³/mol. The first-order valence-corrected chi connectivity index (χ1v) is 13.2. The molecule has 0 unspecified atom stereocenters. The number of carbonyl (C=O) groups is 3.